The molecule has 1 nitrogen and oxygen atoms in total. The van der Waals surface area contributed by atoms with Crippen molar-refractivity contribution in [2.24, 2.45) is 5.92 Å². The Balaban J connectivity index is 2.78. The van der Waals surface area contributed by atoms with Crippen molar-refractivity contribution >= 4 is 8.80 Å². The van der Waals surface area contributed by atoms with Gasteiger partial charge in [0.25, 0.3) is 0 Å². The summed E-state index contributed by atoms with van der Waals surface area (Å²) in [5, 5.41) is 11.0. The first-order chi connectivity index (χ1) is 5.13. The Labute approximate surface area is 70.0 Å². The van der Waals surface area contributed by atoms with Gasteiger partial charge in [-0.2, -0.15) is 0 Å². The van der Waals surface area contributed by atoms with Crippen molar-refractivity contribution in [2.45, 2.75) is 26.1 Å². The van der Waals surface area contributed by atoms with Gasteiger partial charge in [0, 0.05) is 5.92 Å². The van der Waals surface area contributed by atoms with Gasteiger partial charge < -0.3 is 5.11 Å². The molecule has 0 aliphatic heterocycles. The zero-order valence-electron chi connectivity index (χ0n) is 7.41. The summed E-state index contributed by atoms with van der Waals surface area (Å²) in [6.07, 6.45) is 6.01. The van der Waals surface area contributed by atoms with Crippen LogP contribution in [-0.4, -0.2) is 20.0 Å². The lowest BCUT2D eigenvalue weighted by atomic mass is 10.00. The standard InChI is InChI=1S/C9H16OSi/c1-7-5-4-6-8(9(7)10)11(2)3/h4-7,9-11H,1-3H3/t7-,9-/m0/s1. The van der Waals surface area contributed by atoms with E-state index < -0.39 is 8.80 Å². The van der Waals surface area contributed by atoms with Gasteiger partial charge in [-0.1, -0.05) is 43.4 Å². The van der Waals surface area contributed by atoms with E-state index in [0.717, 1.165) is 0 Å². The molecule has 0 unspecified atom stereocenters. The predicted molar refractivity (Wildman–Crippen MR) is 51.3 cm³/mol. The van der Waals surface area contributed by atoms with E-state index in [1.54, 1.807) is 0 Å². The van der Waals surface area contributed by atoms with Gasteiger partial charge >= 0.3 is 0 Å². The van der Waals surface area contributed by atoms with Gasteiger partial charge in [-0.05, 0) is 0 Å². The molecule has 0 fully saturated rings. The minimum atomic E-state index is -0.788. The molecule has 62 valence electrons. The van der Waals surface area contributed by atoms with E-state index in [1.807, 2.05) is 0 Å². The average molecular weight is 168 g/mol. The molecule has 1 rings (SSSR count). The molecule has 0 aromatic carbocycles. The van der Waals surface area contributed by atoms with Crippen LogP contribution < -0.4 is 0 Å². The monoisotopic (exact) mass is 168 g/mol. The van der Waals surface area contributed by atoms with Crippen LogP contribution in [0.15, 0.2) is 23.4 Å². The van der Waals surface area contributed by atoms with Crippen molar-refractivity contribution in [2.75, 3.05) is 0 Å². The second kappa shape index (κ2) is 3.37. The van der Waals surface area contributed by atoms with E-state index in [1.165, 1.54) is 5.20 Å². The van der Waals surface area contributed by atoms with Crippen molar-refractivity contribution in [1.29, 1.82) is 0 Å². The molecule has 0 spiro atoms. The fourth-order valence-electron chi connectivity index (χ4n) is 1.38. The quantitative estimate of drug-likeness (QED) is 0.588. The van der Waals surface area contributed by atoms with Gasteiger partial charge in [0.15, 0.2) is 0 Å². The molecule has 0 saturated heterocycles. The normalized spacial score (nSPS) is 30.8. The van der Waals surface area contributed by atoms with Crippen LogP contribution >= 0.6 is 0 Å². The number of hydrogen-bond donors (Lipinski definition) is 1. The Hall–Kier alpha value is -0.343. The first-order valence-electron chi connectivity index (χ1n) is 4.19. The summed E-state index contributed by atoms with van der Waals surface area (Å²) in [4.78, 5) is 0. The second-order valence-corrected chi connectivity index (χ2v) is 6.49. The molecule has 11 heavy (non-hydrogen) atoms. The summed E-state index contributed by atoms with van der Waals surface area (Å²) < 4.78 is 0. The lowest BCUT2D eigenvalue weighted by molar-refractivity contribution is 0.178. The fourth-order valence-corrected chi connectivity index (χ4v) is 2.87. The van der Waals surface area contributed by atoms with E-state index in [9.17, 15) is 5.11 Å². The molecule has 0 saturated carbocycles. The molecule has 0 aromatic heterocycles. The Morgan fingerprint density at radius 3 is 2.55 bits per heavy atom. The number of aliphatic hydroxyl groups excluding tert-OH is 1. The van der Waals surface area contributed by atoms with E-state index in [0.29, 0.717) is 5.92 Å². The van der Waals surface area contributed by atoms with Crippen molar-refractivity contribution in [3.63, 3.8) is 0 Å². The van der Waals surface area contributed by atoms with Crippen molar-refractivity contribution in [3.8, 4) is 0 Å². The zero-order valence-corrected chi connectivity index (χ0v) is 8.57. The maximum Gasteiger partial charge on any atom is 0.0775 e. The Kier molecular flexibility index (Phi) is 2.68. The van der Waals surface area contributed by atoms with Crippen LogP contribution in [0.3, 0.4) is 0 Å². The lowest BCUT2D eigenvalue weighted by Crippen LogP contribution is -2.27. The van der Waals surface area contributed by atoms with Gasteiger partial charge in [-0.25, -0.2) is 0 Å². The molecule has 2 atom stereocenters. The number of rotatable bonds is 1. The van der Waals surface area contributed by atoms with Gasteiger partial charge in [-0.15, -0.1) is 0 Å². The molecule has 1 N–H and O–H groups in total. The Bertz CT molecular complexity index is 194. The number of hydrogen-bond acceptors (Lipinski definition) is 1. The van der Waals surface area contributed by atoms with Crippen molar-refractivity contribution < 1.29 is 5.11 Å². The molecule has 0 heterocycles. The van der Waals surface area contributed by atoms with E-state index >= 15 is 0 Å². The van der Waals surface area contributed by atoms with Gasteiger partial charge in [0.2, 0.25) is 0 Å². The van der Waals surface area contributed by atoms with Crippen LogP contribution in [0.1, 0.15) is 6.92 Å². The minimum Gasteiger partial charge on any atom is -0.389 e. The average Bonchev–Trinajstić information content (AvgIpc) is 1.94. The topological polar surface area (TPSA) is 20.2 Å². The summed E-state index contributed by atoms with van der Waals surface area (Å²) in [6.45, 7) is 6.56. The summed E-state index contributed by atoms with van der Waals surface area (Å²) in [5.41, 5.74) is 0. The van der Waals surface area contributed by atoms with Gasteiger partial charge in [-0.3, -0.25) is 0 Å². The van der Waals surface area contributed by atoms with Gasteiger partial charge in [0.1, 0.15) is 0 Å². The van der Waals surface area contributed by atoms with Crippen LogP contribution in [0, 0.1) is 5.92 Å². The Morgan fingerprint density at radius 1 is 1.45 bits per heavy atom. The van der Waals surface area contributed by atoms with E-state index in [4.69, 9.17) is 0 Å². The molecular weight excluding hydrogens is 152 g/mol. The first kappa shape index (κ1) is 8.75. The highest BCUT2D eigenvalue weighted by atomic mass is 28.3. The third-order valence-corrected chi connectivity index (χ3v) is 4.08. The van der Waals surface area contributed by atoms with E-state index in [2.05, 4.69) is 38.2 Å². The SMILES string of the molecule is C[C@H]1C=CC=C([SiH](C)C)[C@H]1O. The van der Waals surface area contributed by atoms with Crippen molar-refractivity contribution in [3.05, 3.63) is 23.4 Å². The van der Waals surface area contributed by atoms with Crippen LogP contribution in [0.5, 0.6) is 0 Å². The molecule has 1 aliphatic carbocycles. The highest BCUT2D eigenvalue weighted by Crippen LogP contribution is 2.20. The lowest BCUT2D eigenvalue weighted by Gasteiger charge is -2.24. The molecule has 0 radical (unpaired) electrons. The fraction of sp³-hybridized carbons (Fsp3) is 0.556. The highest BCUT2D eigenvalue weighted by Gasteiger charge is 2.20. The first-order valence-corrected chi connectivity index (χ1v) is 7.08. The number of allylic oxidation sites excluding steroid dienone is 2. The molecule has 2 heteroatoms. The second-order valence-electron chi connectivity index (χ2n) is 3.51. The molecule has 0 aromatic rings. The summed E-state index contributed by atoms with van der Waals surface area (Å²) in [6, 6.07) is 0. The van der Waals surface area contributed by atoms with Crippen LogP contribution in [-0.2, 0) is 0 Å². The molecule has 0 amide bonds. The summed E-state index contributed by atoms with van der Waals surface area (Å²) in [7, 11) is -0.788. The minimum absolute atomic E-state index is 0.202. The van der Waals surface area contributed by atoms with Crippen LogP contribution in [0.25, 0.3) is 0 Å². The third-order valence-electron chi connectivity index (χ3n) is 2.21. The summed E-state index contributed by atoms with van der Waals surface area (Å²) in [5.74, 6) is 0.310. The largest absolute Gasteiger partial charge is 0.389 e. The van der Waals surface area contributed by atoms with Crippen molar-refractivity contribution in [1.82, 2.24) is 0 Å². The van der Waals surface area contributed by atoms with Gasteiger partial charge in [0.05, 0.1) is 14.9 Å². The zero-order chi connectivity index (χ0) is 8.43. The van der Waals surface area contributed by atoms with Crippen LogP contribution in [0.4, 0.5) is 0 Å². The molecular formula is C9H16OSi. The van der Waals surface area contributed by atoms with Crippen LogP contribution in [0.2, 0.25) is 13.1 Å². The molecule has 1 aliphatic rings. The maximum atomic E-state index is 9.72. The predicted octanol–water partition coefficient (Wildman–Crippen LogP) is 1.51. The molecule has 0 bridgehead atoms. The third kappa shape index (κ3) is 1.82. The smallest absolute Gasteiger partial charge is 0.0775 e. The maximum absolute atomic E-state index is 9.72. The number of aliphatic hydroxyl groups is 1. The highest BCUT2D eigenvalue weighted by molar-refractivity contribution is 6.64. The van der Waals surface area contributed by atoms with E-state index in [-0.39, 0.29) is 6.10 Å². The summed E-state index contributed by atoms with van der Waals surface area (Å²) >= 11 is 0. The Morgan fingerprint density at radius 2 is 2.09 bits per heavy atom.